The fourth-order valence-electron chi connectivity index (χ4n) is 2.66. The van der Waals surface area contributed by atoms with E-state index in [1.807, 2.05) is 44.2 Å². The van der Waals surface area contributed by atoms with Gasteiger partial charge in [0.2, 0.25) is 15.9 Å². The SMILES string of the molecule is CC(C)C(=O)NCCCS(=O)(=O)N1CCN(c2ccccc2)CC1. The van der Waals surface area contributed by atoms with Gasteiger partial charge in [0.15, 0.2) is 0 Å². The van der Waals surface area contributed by atoms with Crippen LogP contribution in [0.3, 0.4) is 0 Å². The average molecular weight is 353 g/mol. The minimum atomic E-state index is -3.25. The molecule has 0 aromatic heterocycles. The molecule has 7 heteroatoms. The van der Waals surface area contributed by atoms with Gasteiger partial charge in [0.25, 0.3) is 0 Å². The van der Waals surface area contributed by atoms with E-state index in [0.717, 1.165) is 5.69 Å². The largest absolute Gasteiger partial charge is 0.369 e. The van der Waals surface area contributed by atoms with Crippen molar-refractivity contribution in [2.45, 2.75) is 20.3 Å². The molecule has 134 valence electrons. The first-order chi connectivity index (χ1) is 11.4. The summed E-state index contributed by atoms with van der Waals surface area (Å²) in [5, 5.41) is 2.76. The molecule has 6 nitrogen and oxygen atoms in total. The van der Waals surface area contributed by atoms with Crippen LogP contribution >= 0.6 is 0 Å². The molecule has 0 spiro atoms. The van der Waals surface area contributed by atoms with Gasteiger partial charge in [-0.15, -0.1) is 0 Å². The molecule has 0 bridgehead atoms. The number of amides is 1. The van der Waals surface area contributed by atoms with E-state index in [-0.39, 0.29) is 17.6 Å². The molecule has 1 aromatic rings. The first-order valence-corrected chi connectivity index (χ1v) is 10.1. The van der Waals surface area contributed by atoms with Crippen molar-refractivity contribution < 1.29 is 13.2 Å². The second-order valence-electron chi connectivity index (χ2n) is 6.34. The standard InChI is InChI=1S/C17H27N3O3S/c1-15(2)17(21)18-9-6-14-24(22,23)20-12-10-19(11-13-20)16-7-4-3-5-8-16/h3-5,7-8,15H,6,9-14H2,1-2H3,(H,18,21). The minimum Gasteiger partial charge on any atom is -0.369 e. The number of hydrogen-bond donors (Lipinski definition) is 1. The maximum atomic E-state index is 12.4. The van der Waals surface area contributed by atoms with Crippen molar-refractivity contribution in [1.29, 1.82) is 0 Å². The highest BCUT2D eigenvalue weighted by molar-refractivity contribution is 7.89. The number of hydrogen-bond acceptors (Lipinski definition) is 4. The monoisotopic (exact) mass is 353 g/mol. The van der Waals surface area contributed by atoms with Crippen LogP contribution in [-0.4, -0.2) is 57.1 Å². The number of piperazine rings is 1. The zero-order chi connectivity index (χ0) is 17.6. The van der Waals surface area contributed by atoms with E-state index in [9.17, 15) is 13.2 Å². The molecule has 1 amide bonds. The lowest BCUT2D eigenvalue weighted by Crippen LogP contribution is -2.49. The van der Waals surface area contributed by atoms with E-state index in [2.05, 4.69) is 10.2 Å². The van der Waals surface area contributed by atoms with Gasteiger partial charge in [-0.1, -0.05) is 32.0 Å². The first kappa shape index (κ1) is 18.7. The van der Waals surface area contributed by atoms with Crippen LogP contribution in [0.5, 0.6) is 0 Å². The Balaban J connectivity index is 1.77. The van der Waals surface area contributed by atoms with Crippen molar-refractivity contribution in [3.63, 3.8) is 0 Å². The van der Waals surface area contributed by atoms with E-state index in [4.69, 9.17) is 0 Å². The van der Waals surface area contributed by atoms with E-state index in [1.54, 1.807) is 4.31 Å². The molecule has 24 heavy (non-hydrogen) atoms. The number of benzene rings is 1. The van der Waals surface area contributed by atoms with Crippen LogP contribution in [0.1, 0.15) is 20.3 Å². The van der Waals surface area contributed by atoms with Crippen LogP contribution in [0.2, 0.25) is 0 Å². The number of para-hydroxylation sites is 1. The summed E-state index contributed by atoms with van der Waals surface area (Å²) >= 11 is 0. The van der Waals surface area contributed by atoms with Gasteiger partial charge < -0.3 is 10.2 Å². The Morgan fingerprint density at radius 1 is 1.12 bits per heavy atom. The molecule has 1 aliphatic heterocycles. The van der Waals surface area contributed by atoms with Crippen LogP contribution in [0.4, 0.5) is 5.69 Å². The lowest BCUT2D eigenvalue weighted by atomic mass is 10.2. The Bertz CT molecular complexity index is 624. The number of carbonyl (C=O) groups is 1. The smallest absolute Gasteiger partial charge is 0.222 e. The maximum Gasteiger partial charge on any atom is 0.222 e. The Kier molecular flexibility index (Phi) is 6.62. The third-order valence-electron chi connectivity index (χ3n) is 4.16. The fourth-order valence-corrected chi connectivity index (χ4v) is 4.15. The number of sulfonamides is 1. The van der Waals surface area contributed by atoms with Crippen molar-refractivity contribution in [1.82, 2.24) is 9.62 Å². The van der Waals surface area contributed by atoms with Crippen molar-refractivity contribution >= 4 is 21.6 Å². The summed E-state index contributed by atoms with van der Waals surface area (Å²) in [6.45, 7) is 6.46. The van der Waals surface area contributed by atoms with Gasteiger partial charge >= 0.3 is 0 Å². The lowest BCUT2D eigenvalue weighted by Gasteiger charge is -2.35. The number of carbonyl (C=O) groups excluding carboxylic acids is 1. The summed E-state index contributed by atoms with van der Waals surface area (Å²) in [5.74, 6) is -0.0342. The quantitative estimate of drug-likeness (QED) is 0.750. The van der Waals surface area contributed by atoms with Crippen LogP contribution in [0.25, 0.3) is 0 Å². The molecule has 0 atom stereocenters. The van der Waals surface area contributed by atoms with Crippen molar-refractivity contribution in [2.75, 3.05) is 43.4 Å². The molecule has 2 rings (SSSR count). The first-order valence-electron chi connectivity index (χ1n) is 8.45. The molecule has 0 unspecified atom stereocenters. The Morgan fingerprint density at radius 3 is 2.33 bits per heavy atom. The molecule has 1 aliphatic rings. The van der Waals surface area contributed by atoms with E-state index >= 15 is 0 Å². The normalized spacial score (nSPS) is 16.4. The summed E-state index contributed by atoms with van der Waals surface area (Å²) in [7, 11) is -3.25. The predicted molar refractivity (Wildman–Crippen MR) is 96.5 cm³/mol. The van der Waals surface area contributed by atoms with Gasteiger partial charge in [-0.05, 0) is 18.6 Å². The zero-order valence-corrected chi connectivity index (χ0v) is 15.3. The molecule has 0 saturated carbocycles. The summed E-state index contributed by atoms with van der Waals surface area (Å²) < 4.78 is 26.4. The van der Waals surface area contributed by atoms with Crippen LogP contribution in [0, 0.1) is 5.92 Å². The lowest BCUT2D eigenvalue weighted by molar-refractivity contribution is -0.123. The second-order valence-corrected chi connectivity index (χ2v) is 8.43. The molecular weight excluding hydrogens is 326 g/mol. The highest BCUT2D eigenvalue weighted by Crippen LogP contribution is 2.17. The third kappa shape index (κ3) is 5.21. The second kappa shape index (κ2) is 8.48. The highest BCUT2D eigenvalue weighted by Gasteiger charge is 2.26. The van der Waals surface area contributed by atoms with Crippen molar-refractivity contribution in [2.24, 2.45) is 5.92 Å². The molecule has 0 radical (unpaired) electrons. The zero-order valence-electron chi connectivity index (χ0n) is 14.4. The summed E-state index contributed by atoms with van der Waals surface area (Å²) in [5.41, 5.74) is 1.13. The summed E-state index contributed by atoms with van der Waals surface area (Å²) in [6, 6.07) is 10.0. The fraction of sp³-hybridized carbons (Fsp3) is 0.588. The van der Waals surface area contributed by atoms with E-state index in [1.165, 1.54) is 0 Å². The molecule has 1 aromatic carbocycles. The molecule has 1 N–H and O–H groups in total. The highest BCUT2D eigenvalue weighted by atomic mass is 32.2. The topological polar surface area (TPSA) is 69.7 Å². The molecular formula is C17H27N3O3S. The number of nitrogens with one attached hydrogen (secondary N) is 1. The minimum absolute atomic E-state index is 0.0381. The average Bonchev–Trinajstić information content (AvgIpc) is 2.59. The van der Waals surface area contributed by atoms with Crippen LogP contribution in [0.15, 0.2) is 30.3 Å². The predicted octanol–water partition coefficient (Wildman–Crippen LogP) is 1.30. The summed E-state index contributed by atoms with van der Waals surface area (Å²) in [6.07, 6.45) is 0.444. The summed E-state index contributed by atoms with van der Waals surface area (Å²) in [4.78, 5) is 13.7. The van der Waals surface area contributed by atoms with Gasteiger partial charge in [0.1, 0.15) is 0 Å². The number of nitrogens with zero attached hydrogens (tertiary/aromatic N) is 2. The molecule has 1 heterocycles. The number of rotatable bonds is 7. The molecule has 1 fully saturated rings. The Hall–Kier alpha value is -1.60. The van der Waals surface area contributed by atoms with Crippen molar-refractivity contribution in [3.05, 3.63) is 30.3 Å². The van der Waals surface area contributed by atoms with Crippen LogP contribution in [-0.2, 0) is 14.8 Å². The number of anilines is 1. The van der Waals surface area contributed by atoms with Crippen molar-refractivity contribution in [3.8, 4) is 0 Å². The van der Waals surface area contributed by atoms with Gasteiger partial charge in [-0.3, -0.25) is 4.79 Å². The van der Waals surface area contributed by atoms with Gasteiger partial charge in [-0.25, -0.2) is 8.42 Å². The Morgan fingerprint density at radius 2 is 1.75 bits per heavy atom. The third-order valence-corrected chi connectivity index (χ3v) is 6.11. The van der Waals surface area contributed by atoms with Gasteiger partial charge in [0, 0.05) is 44.3 Å². The maximum absolute atomic E-state index is 12.4. The van der Waals surface area contributed by atoms with E-state index in [0.29, 0.717) is 39.1 Å². The Labute approximate surface area is 144 Å². The van der Waals surface area contributed by atoms with Gasteiger partial charge in [-0.2, -0.15) is 4.31 Å². The van der Waals surface area contributed by atoms with E-state index < -0.39 is 10.0 Å². The molecule has 1 saturated heterocycles. The van der Waals surface area contributed by atoms with Gasteiger partial charge in [0.05, 0.1) is 5.75 Å². The molecule has 0 aliphatic carbocycles. The van der Waals surface area contributed by atoms with Crippen LogP contribution < -0.4 is 10.2 Å².